The largest absolute Gasteiger partial charge is 0.314 e. The van der Waals surface area contributed by atoms with Crippen molar-refractivity contribution in [3.63, 3.8) is 0 Å². The minimum Gasteiger partial charge on any atom is -0.314 e. The summed E-state index contributed by atoms with van der Waals surface area (Å²) in [4.78, 5) is 0. The Hall–Kier alpha value is -0.820. The van der Waals surface area contributed by atoms with E-state index in [-0.39, 0.29) is 0 Å². The molecule has 1 heteroatoms. The Balaban J connectivity index is 2.08. The number of benzene rings is 1. The van der Waals surface area contributed by atoms with Crippen LogP contribution in [0.4, 0.5) is 0 Å². The summed E-state index contributed by atoms with van der Waals surface area (Å²) in [6, 6.07) is 9.01. The van der Waals surface area contributed by atoms with Crippen LogP contribution in [0.15, 0.2) is 24.3 Å². The third kappa shape index (κ3) is 2.65. The number of rotatable bonds is 3. The maximum atomic E-state index is 3.58. The summed E-state index contributed by atoms with van der Waals surface area (Å²) in [7, 11) is 2.12. The van der Waals surface area contributed by atoms with Crippen molar-refractivity contribution < 1.29 is 0 Å². The Morgan fingerprint density at radius 3 is 2.25 bits per heavy atom. The molecule has 0 amide bonds. The van der Waals surface area contributed by atoms with E-state index in [1.807, 2.05) is 0 Å². The van der Waals surface area contributed by atoms with Crippen molar-refractivity contribution in [3.8, 4) is 0 Å². The average molecular weight is 217 g/mol. The minimum atomic E-state index is 0.369. The van der Waals surface area contributed by atoms with E-state index in [0.717, 1.165) is 0 Å². The molecule has 0 unspecified atom stereocenters. The lowest BCUT2D eigenvalue weighted by atomic mass is 9.77. The van der Waals surface area contributed by atoms with Gasteiger partial charge in [-0.1, -0.05) is 49.1 Å². The zero-order chi connectivity index (χ0) is 11.4. The SMILES string of the molecule is CNC1(Cc2ccc(C)cc2)CCCCC1. The van der Waals surface area contributed by atoms with Crippen LogP contribution >= 0.6 is 0 Å². The molecule has 0 saturated heterocycles. The molecule has 1 aromatic rings. The summed E-state index contributed by atoms with van der Waals surface area (Å²) < 4.78 is 0. The summed E-state index contributed by atoms with van der Waals surface area (Å²) in [5.74, 6) is 0. The molecule has 0 aliphatic heterocycles. The monoisotopic (exact) mass is 217 g/mol. The van der Waals surface area contributed by atoms with Crippen LogP contribution in [0.25, 0.3) is 0 Å². The minimum absolute atomic E-state index is 0.369. The van der Waals surface area contributed by atoms with Gasteiger partial charge in [-0.05, 0) is 38.8 Å². The molecule has 0 bridgehead atoms. The number of hydrogen-bond acceptors (Lipinski definition) is 1. The van der Waals surface area contributed by atoms with Gasteiger partial charge in [-0.25, -0.2) is 0 Å². The van der Waals surface area contributed by atoms with Crippen LogP contribution in [0, 0.1) is 6.92 Å². The van der Waals surface area contributed by atoms with Crippen LogP contribution in [-0.2, 0) is 6.42 Å². The molecule has 2 rings (SSSR count). The molecule has 16 heavy (non-hydrogen) atoms. The van der Waals surface area contributed by atoms with Gasteiger partial charge in [0.2, 0.25) is 0 Å². The number of nitrogens with one attached hydrogen (secondary N) is 1. The van der Waals surface area contributed by atoms with Crippen LogP contribution in [0.1, 0.15) is 43.2 Å². The highest BCUT2D eigenvalue weighted by Gasteiger charge is 2.29. The van der Waals surface area contributed by atoms with Gasteiger partial charge in [0.15, 0.2) is 0 Å². The van der Waals surface area contributed by atoms with Crippen molar-refractivity contribution >= 4 is 0 Å². The van der Waals surface area contributed by atoms with E-state index >= 15 is 0 Å². The maximum Gasteiger partial charge on any atom is 0.0218 e. The topological polar surface area (TPSA) is 12.0 Å². The third-order valence-electron chi connectivity index (χ3n) is 4.00. The van der Waals surface area contributed by atoms with E-state index < -0.39 is 0 Å². The number of likely N-dealkylation sites (N-methyl/N-ethyl adjacent to an activating group) is 1. The van der Waals surface area contributed by atoms with Gasteiger partial charge in [-0.15, -0.1) is 0 Å². The second kappa shape index (κ2) is 5.01. The second-order valence-electron chi connectivity index (χ2n) is 5.25. The molecule has 1 aromatic carbocycles. The summed E-state index contributed by atoms with van der Waals surface area (Å²) in [5, 5.41) is 3.58. The van der Waals surface area contributed by atoms with Crippen molar-refractivity contribution in [1.82, 2.24) is 5.32 Å². The fraction of sp³-hybridized carbons (Fsp3) is 0.600. The van der Waals surface area contributed by atoms with E-state index in [1.54, 1.807) is 0 Å². The van der Waals surface area contributed by atoms with Crippen molar-refractivity contribution in [2.75, 3.05) is 7.05 Å². The molecule has 88 valence electrons. The normalized spacial score (nSPS) is 19.6. The molecule has 1 aliphatic rings. The van der Waals surface area contributed by atoms with Crippen molar-refractivity contribution in [2.45, 2.75) is 51.0 Å². The predicted octanol–water partition coefficient (Wildman–Crippen LogP) is 3.46. The van der Waals surface area contributed by atoms with E-state index in [4.69, 9.17) is 0 Å². The average Bonchev–Trinajstić information content (AvgIpc) is 2.33. The number of hydrogen-bond donors (Lipinski definition) is 1. The lowest BCUT2D eigenvalue weighted by molar-refractivity contribution is 0.245. The quantitative estimate of drug-likeness (QED) is 0.817. The highest BCUT2D eigenvalue weighted by Crippen LogP contribution is 2.31. The molecule has 1 aliphatic carbocycles. The highest BCUT2D eigenvalue weighted by atomic mass is 14.9. The molecular weight excluding hydrogens is 194 g/mol. The van der Waals surface area contributed by atoms with Crippen molar-refractivity contribution in [1.29, 1.82) is 0 Å². The zero-order valence-corrected chi connectivity index (χ0v) is 10.6. The standard InChI is InChI=1S/C15H23N/c1-13-6-8-14(9-7-13)12-15(16-2)10-4-3-5-11-15/h6-9,16H,3-5,10-12H2,1-2H3. The zero-order valence-electron chi connectivity index (χ0n) is 10.6. The molecule has 0 atom stereocenters. The first kappa shape index (κ1) is 11.7. The molecule has 1 nitrogen and oxygen atoms in total. The van der Waals surface area contributed by atoms with E-state index in [9.17, 15) is 0 Å². The molecule has 1 fully saturated rings. The van der Waals surface area contributed by atoms with Gasteiger partial charge >= 0.3 is 0 Å². The predicted molar refractivity (Wildman–Crippen MR) is 69.8 cm³/mol. The Morgan fingerprint density at radius 1 is 1.06 bits per heavy atom. The Kier molecular flexibility index (Phi) is 3.65. The molecule has 1 N–H and O–H groups in total. The fourth-order valence-corrected chi connectivity index (χ4v) is 2.84. The van der Waals surface area contributed by atoms with Gasteiger partial charge in [-0.3, -0.25) is 0 Å². The lowest BCUT2D eigenvalue weighted by Crippen LogP contribution is -2.46. The van der Waals surface area contributed by atoms with Crippen LogP contribution in [0.2, 0.25) is 0 Å². The van der Waals surface area contributed by atoms with Crippen LogP contribution in [0.3, 0.4) is 0 Å². The third-order valence-corrected chi connectivity index (χ3v) is 4.00. The van der Waals surface area contributed by atoms with Crippen molar-refractivity contribution in [3.05, 3.63) is 35.4 Å². The molecule has 0 radical (unpaired) electrons. The lowest BCUT2D eigenvalue weighted by Gasteiger charge is -2.37. The first-order valence-electron chi connectivity index (χ1n) is 6.49. The van der Waals surface area contributed by atoms with Crippen LogP contribution in [-0.4, -0.2) is 12.6 Å². The summed E-state index contributed by atoms with van der Waals surface area (Å²) in [5.41, 5.74) is 3.20. The van der Waals surface area contributed by atoms with Gasteiger partial charge < -0.3 is 5.32 Å². The first-order chi connectivity index (χ1) is 7.74. The second-order valence-corrected chi connectivity index (χ2v) is 5.25. The van der Waals surface area contributed by atoms with Gasteiger partial charge in [0.1, 0.15) is 0 Å². The van der Waals surface area contributed by atoms with E-state index in [2.05, 4.69) is 43.6 Å². The van der Waals surface area contributed by atoms with Gasteiger partial charge in [0.05, 0.1) is 0 Å². The molecule has 0 aromatic heterocycles. The molecular formula is C15H23N. The molecule has 0 spiro atoms. The summed E-state index contributed by atoms with van der Waals surface area (Å²) >= 11 is 0. The van der Waals surface area contributed by atoms with Crippen LogP contribution in [0.5, 0.6) is 0 Å². The Labute approximate surface area is 99.3 Å². The van der Waals surface area contributed by atoms with Gasteiger partial charge in [0.25, 0.3) is 0 Å². The van der Waals surface area contributed by atoms with Crippen LogP contribution < -0.4 is 5.32 Å². The highest BCUT2D eigenvalue weighted by molar-refractivity contribution is 5.23. The summed E-state index contributed by atoms with van der Waals surface area (Å²) in [6.07, 6.45) is 8.02. The molecule has 0 heterocycles. The van der Waals surface area contributed by atoms with Gasteiger partial charge in [-0.2, -0.15) is 0 Å². The smallest absolute Gasteiger partial charge is 0.0218 e. The fourth-order valence-electron chi connectivity index (χ4n) is 2.84. The van der Waals surface area contributed by atoms with E-state index in [0.29, 0.717) is 5.54 Å². The maximum absolute atomic E-state index is 3.58. The van der Waals surface area contributed by atoms with E-state index in [1.165, 1.54) is 49.7 Å². The summed E-state index contributed by atoms with van der Waals surface area (Å²) in [6.45, 7) is 2.15. The van der Waals surface area contributed by atoms with Gasteiger partial charge in [0, 0.05) is 5.54 Å². The Bertz CT molecular complexity index is 320. The number of aryl methyl sites for hydroxylation is 1. The van der Waals surface area contributed by atoms with Crippen molar-refractivity contribution in [2.24, 2.45) is 0 Å². The molecule has 1 saturated carbocycles. The Morgan fingerprint density at radius 2 is 1.69 bits per heavy atom. The first-order valence-corrected chi connectivity index (χ1v) is 6.49.